The van der Waals surface area contributed by atoms with Crippen LogP contribution in [0.3, 0.4) is 0 Å². The number of furan rings is 1. The van der Waals surface area contributed by atoms with Gasteiger partial charge in [0.1, 0.15) is 6.67 Å². The molecule has 0 amide bonds. The number of hydrogen-bond acceptors (Lipinski definition) is 4. The van der Waals surface area contributed by atoms with Gasteiger partial charge in [-0.1, -0.05) is 12.1 Å². The first-order valence-corrected chi connectivity index (χ1v) is 7.32. The number of anilines is 1. The molecule has 4 rings (SSSR count). The van der Waals surface area contributed by atoms with Crippen LogP contribution in [0.25, 0.3) is 22.1 Å². The lowest BCUT2D eigenvalue weighted by Gasteiger charge is -2.24. The molecule has 1 aromatic carbocycles. The summed E-state index contributed by atoms with van der Waals surface area (Å²) in [5.74, 6) is 0. The Morgan fingerprint density at radius 2 is 2.05 bits per heavy atom. The van der Waals surface area contributed by atoms with Crippen LogP contribution in [0, 0.1) is 13.6 Å². The molecule has 0 bridgehead atoms. The molecule has 4 nitrogen and oxygen atoms in total. The number of hydrogen-bond donors (Lipinski definition) is 0. The molecule has 4 heteroatoms. The smallest absolute Gasteiger partial charge is 0.227 e. The first-order chi connectivity index (χ1) is 10.9. The SMILES string of the molecule is [2H]C(C)(C)N1[CH]N(c2c(C)ccc3c2oc2ncccc23)C=C1. The molecule has 2 aromatic heterocycles. The van der Waals surface area contributed by atoms with Gasteiger partial charge in [0, 0.05) is 35.4 Å². The van der Waals surface area contributed by atoms with Crippen molar-refractivity contribution in [1.82, 2.24) is 9.88 Å². The van der Waals surface area contributed by atoms with Gasteiger partial charge in [0.15, 0.2) is 5.58 Å². The minimum absolute atomic E-state index is 0.648. The Labute approximate surface area is 131 Å². The lowest BCUT2D eigenvalue weighted by molar-refractivity contribution is 0.387. The van der Waals surface area contributed by atoms with Crippen LogP contribution in [-0.4, -0.2) is 15.9 Å². The molecule has 0 saturated heterocycles. The Hall–Kier alpha value is -2.49. The standard InChI is InChI=1S/C18H18N3O/c1-12(2)20-9-10-21(11-20)16-13(3)6-7-14-15-5-4-8-19-18(15)22-17(14)16/h4-12H,1-3H3/i12D. The normalized spacial score (nSPS) is 16.0. The van der Waals surface area contributed by atoms with Crippen molar-refractivity contribution in [2.45, 2.75) is 26.8 Å². The van der Waals surface area contributed by atoms with E-state index in [9.17, 15) is 0 Å². The van der Waals surface area contributed by atoms with E-state index in [0.29, 0.717) is 5.71 Å². The molecule has 0 unspecified atom stereocenters. The van der Waals surface area contributed by atoms with Crippen LogP contribution in [0.2, 0.25) is 0 Å². The van der Waals surface area contributed by atoms with E-state index in [1.807, 2.05) is 54.8 Å². The van der Waals surface area contributed by atoms with E-state index < -0.39 is 6.02 Å². The van der Waals surface area contributed by atoms with Gasteiger partial charge < -0.3 is 14.2 Å². The molecular formula is C18H18N3O. The van der Waals surface area contributed by atoms with Gasteiger partial charge in [0.2, 0.25) is 5.71 Å². The van der Waals surface area contributed by atoms with E-state index in [1.165, 1.54) is 0 Å². The first-order valence-electron chi connectivity index (χ1n) is 7.82. The summed E-state index contributed by atoms with van der Waals surface area (Å²) < 4.78 is 14.2. The highest BCUT2D eigenvalue weighted by Gasteiger charge is 2.23. The second-order valence-corrected chi connectivity index (χ2v) is 5.74. The summed E-state index contributed by atoms with van der Waals surface area (Å²) in [5.41, 5.74) is 3.57. The monoisotopic (exact) mass is 293 g/mol. The van der Waals surface area contributed by atoms with Gasteiger partial charge in [-0.2, -0.15) is 0 Å². The summed E-state index contributed by atoms with van der Waals surface area (Å²) in [6, 6.07) is 7.41. The molecule has 0 saturated carbocycles. The van der Waals surface area contributed by atoms with Crippen molar-refractivity contribution < 1.29 is 5.79 Å². The van der Waals surface area contributed by atoms with Gasteiger partial charge in [-0.3, -0.25) is 0 Å². The predicted octanol–water partition coefficient (Wildman–Crippen LogP) is 4.41. The van der Waals surface area contributed by atoms with E-state index in [4.69, 9.17) is 5.79 Å². The van der Waals surface area contributed by atoms with Gasteiger partial charge in [0.05, 0.1) is 7.06 Å². The molecule has 1 aliphatic heterocycles. The molecule has 1 aliphatic rings. The van der Waals surface area contributed by atoms with Crippen LogP contribution in [0.5, 0.6) is 0 Å². The quantitative estimate of drug-likeness (QED) is 0.700. The van der Waals surface area contributed by atoms with Crippen LogP contribution in [0.4, 0.5) is 5.69 Å². The molecule has 0 atom stereocenters. The van der Waals surface area contributed by atoms with Crippen LogP contribution in [-0.2, 0) is 0 Å². The van der Waals surface area contributed by atoms with E-state index in [-0.39, 0.29) is 0 Å². The minimum Gasteiger partial charge on any atom is -0.435 e. The summed E-state index contributed by atoms with van der Waals surface area (Å²) in [5, 5.41) is 2.07. The molecule has 3 aromatic rings. The Morgan fingerprint density at radius 3 is 2.82 bits per heavy atom. The summed E-state index contributed by atoms with van der Waals surface area (Å²) in [6.07, 6.45) is 5.61. The molecule has 22 heavy (non-hydrogen) atoms. The topological polar surface area (TPSA) is 32.5 Å². The van der Waals surface area contributed by atoms with Crippen molar-refractivity contribution in [2.24, 2.45) is 0 Å². The zero-order chi connectivity index (χ0) is 16.2. The summed E-state index contributed by atoms with van der Waals surface area (Å²) >= 11 is 0. The maximum atomic E-state index is 8.17. The molecule has 3 heterocycles. The van der Waals surface area contributed by atoms with Crippen molar-refractivity contribution in [3.05, 3.63) is 55.1 Å². The van der Waals surface area contributed by atoms with Crippen molar-refractivity contribution in [3.8, 4) is 0 Å². The van der Waals surface area contributed by atoms with Crippen molar-refractivity contribution in [1.29, 1.82) is 0 Å². The van der Waals surface area contributed by atoms with Gasteiger partial charge in [-0.05, 0) is 38.5 Å². The van der Waals surface area contributed by atoms with Crippen molar-refractivity contribution >= 4 is 27.8 Å². The Balaban J connectivity index is 1.87. The van der Waals surface area contributed by atoms with Gasteiger partial charge >= 0.3 is 0 Å². The first kappa shape index (κ1) is 12.1. The largest absolute Gasteiger partial charge is 0.435 e. The second-order valence-electron chi connectivity index (χ2n) is 5.74. The number of nitrogens with zero attached hydrogens (tertiary/aromatic N) is 3. The molecule has 1 radical (unpaired) electrons. The van der Waals surface area contributed by atoms with Gasteiger partial charge in [0.25, 0.3) is 0 Å². The third kappa shape index (κ3) is 1.87. The van der Waals surface area contributed by atoms with Crippen molar-refractivity contribution in [2.75, 3.05) is 4.90 Å². The molecular weight excluding hydrogens is 274 g/mol. The maximum absolute atomic E-state index is 8.17. The number of fused-ring (bicyclic) bond motifs is 3. The molecule has 0 aliphatic carbocycles. The van der Waals surface area contributed by atoms with Crippen molar-refractivity contribution in [3.63, 3.8) is 0 Å². The van der Waals surface area contributed by atoms with E-state index in [0.717, 1.165) is 27.6 Å². The lowest BCUT2D eigenvalue weighted by atomic mass is 10.1. The maximum Gasteiger partial charge on any atom is 0.227 e. The number of rotatable bonds is 2. The fourth-order valence-electron chi connectivity index (χ4n) is 2.83. The number of aryl methyl sites for hydroxylation is 1. The predicted molar refractivity (Wildman–Crippen MR) is 89.1 cm³/mol. The highest BCUT2D eigenvalue weighted by molar-refractivity contribution is 6.08. The Morgan fingerprint density at radius 1 is 1.18 bits per heavy atom. The van der Waals surface area contributed by atoms with E-state index >= 15 is 0 Å². The number of aromatic nitrogens is 1. The van der Waals surface area contributed by atoms with Gasteiger partial charge in [-0.25, -0.2) is 4.98 Å². The molecule has 0 N–H and O–H groups in total. The summed E-state index contributed by atoms with van der Waals surface area (Å²) in [7, 11) is 0. The average Bonchev–Trinajstić information content (AvgIpc) is 3.10. The van der Waals surface area contributed by atoms with Crippen LogP contribution < -0.4 is 4.90 Å². The number of benzene rings is 1. The Bertz CT molecular complexity index is 923. The zero-order valence-corrected chi connectivity index (χ0v) is 12.9. The van der Waals surface area contributed by atoms with Crippen LogP contribution in [0.15, 0.2) is 47.3 Å². The molecule has 0 fully saturated rings. The van der Waals surface area contributed by atoms with Gasteiger partial charge in [-0.15, -0.1) is 0 Å². The fourth-order valence-corrected chi connectivity index (χ4v) is 2.83. The number of pyridine rings is 1. The average molecular weight is 293 g/mol. The fraction of sp³-hybridized carbons (Fsp3) is 0.222. The Kier molecular flexibility index (Phi) is 2.62. The second kappa shape index (κ2) is 4.77. The molecule has 111 valence electrons. The van der Waals surface area contributed by atoms with Crippen LogP contribution >= 0.6 is 0 Å². The zero-order valence-electron chi connectivity index (χ0n) is 13.9. The highest BCUT2D eigenvalue weighted by atomic mass is 16.3. The molecule has 0 spiro atoms. The van der Waals surface area contributed by atoms with E-state index in [2.05, 4.69) is 24.0 Å². The third-order valence-corrected chi connectivity index (χ3v) is 4.00. The summed E-state index contributed by atoms with van der Waals surface area (Å²) in [6.45, 7) is 7.70. The summed E-state index contributed by atoms with van der Waals surface area (Å²) in [4.78, 5) is 8.19. The third-order valence-electron chi connectivity index (χ3n) is 4.00. The van der Waals surface area contributed by atoms with E-state index in [1.54, 1.807) is 6.20 Å². The highest BCUT2D eigenvalue weighted by Crippen LogP contribution is 2.38. The minimum atomic E-state index is -0.706. The van der Waals surface area contributed by atoms with Crippen LogP contribution in [0.1, 0.15) is 20.8 Å². The lowest BCUT2D eigenvalue weighted by Crippen LogP contribution is -2.25.